The molecule has 1 aliphatic heterocycles. The molecule has 1 fully saturated rings. The van der Waals surface area contributed by atoms with Crippen LogP contribution in [0, 0.1) is 6.92 Å². The predicted octanol–water partition coefficient (Wildman–Crippen LogP) is 2.31. The van der Waals surface area contributed by atoms with Crippen LogP contribution in [0.4, 0.5) is 0 Å². The Hall–Kier alpha value is -0.910. The van der Waals surface area contributed by atoms with E-state index >= 15 is 0 Å². The molecule has 112 valence electrons. The van der Waals surface area contributed by atoms with Crippen LogP contribution in [0.15, 0.2) is 29.2 Å². The molecule has 0 bridgehead atoms. The molecule has 20 heavy (non-hydrogen) atoms. The standard InChI is InChI=1S/C15H23NO3S/c1-4-5-6-14-15(3,11-17)16(14)20(18,19)13-9-7-12(2)8-10-13/h7-10,14,17H,4-6,11H2,1-3H3. The Morgan fingerprint density at radius 3 is 2.40 bits per heavy atom. The van der Waals surface area contributed by atoms with Crippen molar-refractivity contribution in [2.75, 3.05) is 6.61 Å². The largest absolute Gasteiger partial charge is 0.394 e. The highest BCUT2D eigenvalue weighted by Crippen LogP contribution is 2.47. The van der Waals surface area contributed by atoms with Crippen LogP contribution in [-0.4, -0.2) is 36.0 Å². The summed E-state index contributed by atoms with van der Waals surface area (Å²) in [7, 11) is -3.51. The first kappa shape index (κ1) is 15.5. The van der Waals surface area contributed by atoms with E-state index in [9.17, 15) is 13.5 Å². The second-order valence-corrected chi connectivity index (χ2v) is 7.60. The maximum absolute atomic E-state index is 12.7. The van der Waals surface area contributed by atoms with Crippen LogP contribution < -0.4 is 0 Å². The Bertz CT molecular complexity index is 567. The number of hydrogen-bond donors (Lipinski definition) is 1. The fourth-order valence-corrected chi connectivity index (χ4v) is 4.79. The summed E-state index contributed by atoms with van der Waals surface area (Å²) in [5.74, 6) is 0. The summed E-state index contributed by atoms with van der Waals surface area (Å²) in [5.41, 5.74) is 0.390. The molecule has 0 spiro atoms. The SMILES string of the molecule is CCCCC1N(S(=O)(=O)c2ccc(C)cc2)C1(C)CO. The maximum Gasteiger partial charge on any atom is 0.244 e. The Morgan fingerprint density at radius 2 is 1.90 bits per heavy atom. The van der Waals surface area contributed by atoms with E-state index in [1.165, 1.54) is 4.31 Å². The number of nitrogens with zero attached hydrogens (tertiary/aromatic N) is 1. The van der Waals surface area contributed by atoms with Gasteiger partial charge in [-0.15, -0.1) is 0 Å². The smallest absolute Gasteiger partial charge is 0.244 e. The van der Waals surface area contributed by atoms with E-state index in [2.05, 4.69) is 6.92 Å². The molecule has 0 aromatic heterocycles. The lowest BCUT2D eigenvalue weighted by molar-refractivity contribution is 0.242. The molecule has 1 aliphatic rings. The number of aliphatic hydroxyl groups is 1. The Labute approximate surface area is 121 Å². The average molecular weight is 297 g/mol. The Morgan fingerprint density at radius 1 is 1.30 bits per heavy atom. The highest BCUT2D eigenvalue weighted by atomic mass is 32.2. The zero-order valence-corrected chi connectivity index (χ0v) is 13.2. The first-order valence-corrected chi connectivity index (χ1v) is 8.54. The molecule has 0 aliphatic carbocycles. The third kappa shape index (κ3) is 2.50. The van der Waals surface area contributed by atoms with Crippen LogP contribution in [-0.2, 0) is 10.0 Å². The van der Waals surface area contributed by atoms with Crippen molar-refractivity contribution in [3.8, 4) is 0 Å². The minimum absolute atomic E-state index is 0.0845. The van der Waals surface area contributed by atoms with Crippen molar-refractivity contribution in [1.82, 2.24) is 4.31 Å². The minimum Gasteiger partial charge on any atom is -0.394 e. The zero-order chi connectivity index (χ0) is 15.0. The van der Waals surface area contributed by atoms with Crippen LogP contribution in [0.1, 0.15) is 38.7 Å². The molecule has 0 saturated carbocycles. The fourth-order valence-electron chi connectivity index (χ4n) is 2.74. The van der Waals surface area contributed by atoms with Gasteiger partial charge in [-0.2, -0.15) is 4.31 Å². The summed E-state index contributed by atoms with van der Waals surface area (Å²) >= 11 is 0. The monoisotopic (exact) mass is 297 g/mol. The van der Waals surface area contributed by atoms with Gasteiger partial charge in [0.2, 0.25) is 10.0 Å². The van der Waals surface area contributed by atoms with Gasteiger partial charge < -0.3 is 5.11 Å². The highest BCUT2D eigenvalue weighted by molar-refractivity contribution is 7.89. The van der Waals surface area contributed by atoms with E-state index in [0.717, 1.165) is 24.8 Å². The molecule has 1 aromatic carbocycles. The molecule has 1 aromatic rings. The third-order valence-corrected chi connectivity index (χ3v) is 6.22. The molecule has 3 unspecified atom stereocenters. The summed E-state index contributed by atoms with van der Waals surface area (Å²) in [6, 6.07) is 6.79. The van der Waals surface area contributed by atoms with E-state index in [4.69, 9.17) is 0 Å². The number of rotatable bonds is 6. The first-order chi connectivity index (χ1) is 9.37. The van der Waals surface area contributed by atoms with Crippen LogP contribution >= 0.6 is 0 Å². The second-order valence-electron chi connectivity index (χ2n) is 5.79. The number of benzene rings is 1. The molecule has 1 heterocycles. The first-order valence-electron chi connectivity index (χ1n) is 7.10. The number of sulfonamides is 1. The van der Waals surface area contributed by atoms with Crippen molar-refractivity contribution in [3.63, 3.8) is 0 Å². The third-order valence-electron chi connectivity index (χ3n) is 4.17. The van der Waals surface area contributed by atoms with Gasteiger partial charge in [0.1, 0.15) is 0 Å². The van der Waals surface area contributed by atoms with Gasteiger partial charge >= 0.3 is 0 Å². The molecule has 0 amide bonds. The number of hydrogen-bond acceptors (Lipinski definition) is 3. The average Bonchev–Trinajstić information content (AvgIpc) is 3.03. The lowest BCUT2D eigenvalue weighted by atomic mass is 10.0. The molecule has 4 nitrogen and oxygen atoms in total. The topological polar surface area (TPSA) is 57.4 Å². The van der Waals surface area contributed by atoms with Gasteiger partial charge in [0, 0.05) is 6.04 Å². The van der Waals surface area contributed by atoms with Gasteiger partial charge in [-0.25, -0.2) is 8.42 Å². The van der Waals surface area contributed by atoms with Crippen LogP contribution in [0.2, 0.25) is 0 Å². The van der Waals surface area contributed by atoms with E-state index in [0.29, 0.717) is 4.90 Å². The lowest BCUT2D eigenvalue weighted by Crippen LogP contribution is -2.24. The van der Waals surface area contributed by atoms with E-state index in [-0.39, 0.29) is 12.6 Å². The van der Waals surface area contributed by atoms with Gasteiger partial charge in [0.05, 0.1) is 17.0 Å². The second kappa shape index (κ2) is 5.47. The molecule has 3 atom stereocenters. The van der Waals surface area contributed by atoms with E-state index < -0.39 is 15.6 Å². The molecule has 1 N–H and O–H groups in total. The van der Waals surface area contributed by atoms with Gasteiger partial charge in [-0.1, -0.05) is 37.5 Å². The van der Waals surface area contributed by atoms with Crippen molar-refractivity contribution >= 4 is 10.0 Å². The normalized spacial score (nSPS) is 29.4. The molecule has 0 radical (unpaired) electrons. The van der Waals surface area contributed by atoms with Crippen LogP contribution in [0.5, 0.6) is 0 Å². The number of unbranched alkanes of at least 4 members (excludes halogenated alkanes) is 1. The van der Waals surface area contributed by atoms with Crippen molar-refractivity contribution in [2.24, 2.45) is 0 Å². The molecule has 1 saturated heterocycles. The van der Waals surface area contributed by atoms with Crippen LogP contribution in [0.25, 0.3) is 0 Å². The number of aliphatic hydroxyl groups excluding tert-OH is 1. The summed E-state index contributed by atoms with van der Waals surface area (Å²) in [4.78, 5) is 0.307. The van der Waals surface area contributed by atoms with E-state index in [1.807, 2.05) is 13.8 Å². The van der Waals surface area contributed by atoms with Crippen molar-refractivity contribution in [3.05, 3.63) is 29.8 Å². The van der Waals surface area contributed by atoms with Gasteiger partial charge in [-0.05, 0) is 32.4 Å². The fraction of sp³-hybridized carbons (Fsp3) is 0.600. The predicted molar refractivity (Wildman–Crippen MR) is 79.0 cm³/mol. The van der Waals surface area contributed by atoms with Gasteiger partial charge in [0.15, 0.2) is 0 Å². The summed E-state index contributed by atoms with van der Waals surface area (Å²) in [5, 5.41) is 9.55. The minimum atomic E-state index is -3.51. The van der Waals surface area contributed by atoms with Crippen LogP contribution in [0.3, 0.4) is 0 Å². The molecular weight excluding hydrogens is 274 g/mol. The summed E-state index contributed by atoms with van der Waals surface area (Å²) in [6.07, 6.45) is 2.80. The molecule has 2 rings (SSSR count). The van der Waals surface area contributed by atoms with Gasteiger partial charge in [-0.3, -0.25) is 0 Å². The molecular formula is C15H23NO3S. The summed E-state index contributed by atoms with van der Waals surface area (Å²) in [6.45, 7) is 5.69. The van der Waals surface area contributed by atoms with Crippen molar-refractivity contribution in [2.45, 2.75) is 56.5 Å². The Kier molecular flexibility index (Phi) is 4.23. The van der Waals surface area contributed by atoms with E-state index in [1.54, 1.807) is 24.3 Å². The Balaban J connectivity index is 2.27. The van der Waals surface area contributed by atoms with Crippen molar-refractivity contribution < 1.29 is 13.5 Å². The van der Waals surface area contributed by atoms with Crippen molar-refractivity contribution in [1.29, 1.82) is 0 Å². The quantitative estimate of drug-likeness (QED) is 0.820. The highest BCUT2D eigenvalue weighted by Gasteiger charge is 2.64. The number of aryl methyl sites for hydroxylation is 1. The maximum atomic E-state index is 12.7. The van der Waals surface area contributed by atoms with Gasteiger partial charge in [0.25, 0.3) is 0 Å². The lowest BCUT2D eigenvalue weighted by Gasteiger charge is -2.10. The molecule has 5 heteroatoms. The zero-order valence-electron chi connectivity index (χ0n) is 12.3. The summed E-state index contributed by atoms with van der Waals surface area (Å²) < 4.78 is 26.8.